The first kappa shape index (κ1) is 27.0. The lowest BCUT2D eigenvalue weighted by Gasteiger charge is -2.40. The van der Waals surface area contributed by atoms with Crippen LogP contribution in [0.25, 0.3) is 0 Å². The third kappa shape index (κ3) is 5.02. The van der Waals surface area contributed by atoms with E-state index in [-0.39, 0.29) is 25.7 Å². The van der Waals surface area contributed by atoms with Crippen molar-refractivity contribution in [1.29, 1.82) is 0 Å². The van der Waals surface area contributed by atoms with Crippen molar-refractivity contribution in [1.82, 2.24) is 9.03 Å². The molecule has 13 heteroatoms. The quantitative estimate of drug-likeness (QED) is 0.534. The fourth-order valence-electron chi connectivity index (χ4n) is 4.99. The molecular weight excluding hydrogens is 527 g/mol. The molecule has 198 valence electrons. The molecule has 0 aromatic heterocycles. The number of nitrogens with zero attached hydrogens (tertiary/aromatic N) is 1. The average molecular weight is 553 g/mol. The van der Waals surface area contributed by atoms with Gasteiger partial charge in [0.05, 0.1) is 10.5 Å². The van der Waals surface area contributed by atoms with Crippen LogP contribution in [0, 0.1) is 11.6 Å². The monoisotopic (exact) mass is 552 g/mol. The summed E-state index contributed by atoms with van der Waals surface area (Å²) < 4.78 is 123. The van der Waals surface area contributed by atoms with Crippen molar-refractivity contribution in [3.63, 3.8) is 0 Å². The SMILES string of the molecule is O=S(=O)(NC1CCC(c2cc(F)ccc2F)(S(=O)(=O)c2ccc(C(F)(F)F)cc2)CC1)N1CCCC1. The molecule has 0 amide bonds. The first-order valence-electron chi connectivity index (χ1n) is 11.4. The molecule has 1 heterocycles. The zero-order valence-electron chi connectivity index (χ0n) is 19.1. The van der Waals surface area contributed by atoms with Gasteiger partial charge in [-0.1, -0.05) is 0 Å². The topological polar surface area (TPSA) is 83.5 Å². The Hall–Kier alpha value is -2.09. The van der Waals surface area contributed by atoms with E-state index < -0.39 is 64.7 Å². The minimum atomic E-state index is -4.68. The maximum absolute atomic E-state index is 14.9. The summed E-state index contributed by atoms with van der Waals surface area (Å²) >= 11 is 0. The second-order valence-electron chi connectivity index (χ2n) is 9.15. The van der Waals surface area contributed by atoms with Gasteiger partial charge in [0.15, 0.2) is 9.84 Å². The van der Waals surface area contributed by atoms with Crippen LogP contribution in [-0.4, -0.2) is 40.3 Å². The molecule has 0 bridgehead atoms. The van der Waals surface area contributed by atoms with Crippen LogP contribution in [0.1, 0.15) is 49.7 Å². The normalized spacial score (nSPS) is 24.2. The van der Waals surface area contributed by atoms with E-state index in [0.29, 0.717) is 25.2 Å². The number of halogens is 5. The zero-order valence-corrected chi connectivity index (χ0v) is 20.7. The molecule has 1 aliphatic heterocycles. The maximum Gasteiger partial charge on any atom is 0.416 e. The molecule has 6 nitrogen and oxygen atoms in total. The molecule has 0 spiro atoms. The van der Waals surface area contributed by atoms with Crippen molar-refractivity contribution in [2.24, 2.45) is 0 Å². The van der Waals surface area contributed by atoms with Gasteiger partial charge in [0, 0.05) is 24.7 Å². The van der Waals surface area contributed by atoms with Crippen molar-refractivity contribution in [3.8, 4) is 0 Å². The second kappa shape index (κ2) is 9.66. The van der Waals surface area contributed by atoms with Crippen LogP contribution in [0.2, 0.25) is 0 Å². The Morgan fingerprint density at radius 1 is 0.889 bits per heavy atom. The van der Waals surface area contributed by atoms with Gasteiger partial charge in [-0.15, -0.1) is 0 Å². The molecule has 0 unspecified atom stereocenters. The van der Waals surface area contributed by atoms with Gasteiger partial charge in [-0.3, -0.25) is 0 Å². The van der Waals surface area contributed by atoms with Crippen molar-refractivity contribution in [2.75, 3.05) is 13.1 Å². The number of nitrogens with one attached hydrogen (secondary N) is 1. The molecule has 2 aromatic rings. The molecular formula is C23H25F5N2O4S2. The van der Waals surface area contributed by atoms with E-state index in [4.69, 9.17) is 0 Å². The van der Waals surface area contributed by atoms with Crippen LogP contribution in [-0.2, 0) is 31.0 Å². The van der Waals surface area contributed by atoms with Crippen LogP contribution in [0.3, 0.4) is 0 Å². The van der Waals surface area contributed by atoms with Gasteiger partial charge in [0.1, 0.15) is 16.4 Å². The van der Waals surface area contributed by atoms with E-state index >= 15 is 0 Å². The number of rotatable bonds is 6. The van der Waals surface area contributed by atoms with Gasteiger partial charge < -0.3 is 0 Å². The highest BCUT2D eigenvalue weighted by molar-refractivity contribution is 7.92. The standard InChI is InChI=1S/C23H25F5N2O4S2/c24-17-5-8-21(25)20(15-17)22(35(31,32)19-6-3-16(4-7-19)23(26,27)28)11-9-18(10-12-22)29-36(33,34)30-13-1-2-14-30/h3-8,15,18,29H,1-2,9-14H2. The van der Waals surface area contributed by atoms with Crippen LogP contribution in [0.15, 0.2) is 47.4 Å². The highest BCUT2D eigenvalue weighted by Gasteiger charge is 2.50. The summed E-state index contributed by atoms with van der Waals surface area (Å²) in [6.07, 6.45) is -3.73. The Labute approximate surface area is 206 Å². The molecule has 1 saturated carbocycles. The van der Waals surface area contributed by atoms with E-state index in [2.05, 4.69) is 4.72 Å². The molecule has 2 fully saturated rings. The first-order valence-corrected chi connectivity index (χ1v) is 14.3. The van der Waals surface area contributed by atoms with E-state index in [1.54, 1.807) is 0 Å². The summed E-state index contributed by atoms with van der Waals surface area (Å²) in [6, 6.07) is 4.65. The third-order valence-electron chi connectivity index (χ3n) is 6.94. The van der Waals surface area contributed by atoms with Gasteiger partial charge in [0.2, 0.25) is 0 Å². The minimum absolute atomic E-state index is 0.00287. The molecule has 2 aromatic carbocycles. The second-order valence-corrected chi connectivity index (χ2v) is 13.1. The predicted molar refractivity (Wildman–Crippen MR) is 122 cm³/mol. The number of alkyl halides is 3. The molecule has 0 radical (unpaired) electrons. The number of hydrogen-bond acceptors (Lipinski definition) is 4. The fourth-order valence-corrected chi connectivity index (χ4v) is 8.70. The lowest BCUT2D eigenvalue weighted by molar-refractivity contribution is -0.137. The van der Waals surface area contributed by atoms with Crippen molar-refractivity contribution < 1.29 is 38.8 Å². The first-order chi connectivity index (χ1) is 16.8. The van der Waals surface area contributed by atoms with E-state index in [0.717, 1.165) is 43.2 Å². The zero-order chi connectivity index (χ0) is 26.4. The van der Waals surface area contributed by atoms with Gasteiger partial charge in [-0.2, -0.15) is 30.6 Å². The van der Waals surface area contributed by atoms with Crippen LogP contribution in [0.4, 0.5) is 22.0 Å². The van der Waals surface area contributed by atoms with Crippen molar-refractivity contribution >= 4 is 20.0 Å². The largest absolute Gasteiger partial charge is 0.416 e. The molecule has 4 rings (SSSR count). The Kier molecular flexibility index (Phi) is 7.23. The lowest BCUT2D eigenvalue weighted by Crippen LogP contribution is -2.49. The summed E-state index contributed by atoms with van der Waals surface area (Å²) in [7, 11) is -8.31. The summed E-state index contributed by atoms with van der Waals surface area (Å²) in [6.45, 7) is 0.756. The third-order valence-corrected chi connectivity index (χ3v) is 11.2. The summed E-state index contributed by atoms with van der Waals surface area (Å²) in [5, 5.41) is 0. The Morgan fingerprint density at radius 2 is 1.47 bits per heavy atom. The Morgan fingerprint density at radius 3 is 2.03 bits per heavy atom. The van der Waals surface area contributed by atoms with Crippen molar-refractivity contribution in [3.05, 3.63) is 65.2 Å². The van der Waals surface area contributed by atoms with E-state index in [1.807, 2.05) is 0 Å². The van der Waals surface area contributed by atoms with Gasteiger partial charge in [-0.05, 0) is 81.0 Å². The van der Waals surface area contributed by atoms with E-state index in [1.165, 1.54) is 4.31 Å². The number of sulfone groups is 1. The smallest absolute Gasteiger partial charge is 0.223 e. The number of benzene rings is 2. The van der Waals surface area contributed by atoms with E-state index in [9.17, 15) is 38.8 Å². The predicted octanol–water partition coefficient (Wildman–Crippen LogP) is 4.53. The Balaban J connectivity index is 1.69. The Bertz CT molecular complexity index is 1320. The van der Waals surface area contributed by atoms with Crippen LogP contribution >= 0.6 is 0 Å². The molecule has 36 heavy (non-hydrogen) atoms. The minimum Gasteiger partial charge on any atom is -0.223 e. The molecule has 1 N–H and O–H groups in total. The molecule has 0 atom stereocenters. The van der Waals surface area contributed by atoms with Crippen LogP contribution in [0.5, 0.6) is 0 Å². The highest BCUT2D eigenvalue weighted by atomic mass is 32.2. The fraction of sp³-hybridized carbons (Fsp3) is 0.478. The number of hydrogen-bond donors (Lipinski definition) is 1. The summed E-state index contributed by atoms with van der Waals surface area (Å²) in [5.41, 5.74) is -1.48. The summed E-state index contributed by atoms with van der Waals surface area (Å²) in [4.78, 5) is -0.463. The highest BCUT2D eigenvalue weighted by Crippen LogP contribution is 2.48. The van der Waals surface area contributed by atoms with Crippen molar-refractivity contribution in [2.45, 2.75) is 60.4 Å². The summed E-state index contributed by atoms with van der Waals surface area (Å²) in [5.74, 6) is -1.84. The average Bonchev–Trinajstić information content (AvgIpc) is 3.37. The lowest BCUT2D eigenvalue weighted by atomic mass is 9.80. The molecule has 1 aliphatic carbocycles. The van der Waals surface area contributed by atoms with Gasteiger partial charge >= 0.3 is 6.18 Å². The maximum atomic E-state index is 14.9. The van der Waals surface area contributed by atoms with Crippen LogP contribution < -0.4 is 4.72 Å². The van der Waals surface area contributed by atoms with Gasteiger partial charge in [-0.25, -0.2) is 17.2 Å². The molecule has 2 aliphatic rings. The van der Waals surface area contributed by atoms with Gasteiger partial charge in [0.25, 0.3) is 10.2 Å². The molecule has 1 saturated heterocycles.